The number of ether oxygens (including phenoxy) is 3. The van der Waals surface area contributed by atoms with E-state index in [9.17, 15) is 4.79 Å². The number of aldehydes is 1. The normalized spacial score (nSPS) is 13.7. The van der Waals surface area contributed by atoms with Gasteiger partial charge in [-0.1, -0.05) is 24.8 Å². The Bertz CT molecular complexity index is 1220. The van der Waals surface area contributed by atoms with Gasteiger partial charge in [0.25, 0.3) is 5.91 Å². The zero-order valence-corrected chi connectivity index (χ0v) is 20.8. The molecule has 4 N–H and O–H groups in total. The minimum atomic E-state index is -0.565. The van der Waals surface area contributed by atoms with E-state index in [1.54, 1.807) is 26.4 Å². The minimum Gasteiger partial charge on any atom is -0.493 e. The van der Waals surface area contributed by atoms with Crippen molar-refractivity contribution in [1.82, 2.24) is 9.78 Å². The van der Waals surface area contributed by atoms with Crippen LogP contribution < -0.4 is 30.6 Å². The molecule has 0 spiro atoms. The van der Waals surface area contributed by atoms with E-state index >= 15 is 0 Å². The van der Waals surface area contributed by atoms with Gasteiger partial charge in [0.2, 0.25) is 5.75 Å². The molecule has 10 nitrogen and oxygen atoms in total. The maximum Gasteiger partial charge on any atom is 0.254 e. The van der Waals surface area contributed by atoms with Crippen molar-refractivity contribution in [3.05, 3.63) is 60.2 Å². The zero-order chi connectivity index (χ0) is 26.2. The van der Waals surface area contributed by atoms with Crippen LogP contribution in [-0.2, 0) is 4.79 Å². The summed E-state index contributed by atoms with van der Waals surface area (Å²) in [5.41, 5.74) is 9.34. The molecule has 1 unspecified atom stereocenters. The van der Waals surface area contributed by atoms with Gasteiger partial charge in [-0.05, 0) is 36.3 Å². The number of amides is 1. The summed E-state index contributed by atoms with van der Waals surface area (Å²) in [5, 5.41) is 11.4. The molecule has 3 aromatic rings. The van der Waals surface area contributed by atoms with E-state index in [4.69, 9.17) is 29.8 Å². The highest BCUT2D eigenvalue weighted by Gasteiger charge is 2.32. The van der Waals surface area contributed by atoms with Crippen molar-refractivity contribution in [3.8, 4) is 28.5 Å². The van der Waals surface area contributed by atoms with E-state index in [0.29, 0.717) is 52.7 Å². The van der Waals surface area contributed by atoms with Crippen LogP contribution in [0.3, 0.4) is 0 Å². The van der Waals surface area contributed by atoms with E-state index in [1.807, 2.05) is 29.9 Å². The van der Waals surface area contributed by atoms with E-state index in [0.717, 1.165) is 17.7 Å². The van der Waals surface area contributed by atoms with Crippen molar-refractivity contribution in [3.63, 3.8) is 0 Å². The van der Waals surface area contributed by atoms with E-state index in [-0.39, 0.29) is 6.04 Å². The van der Waals surface area contributed by atoms with Gasteiger partial charge in [0.15, 0.2) is 11.5 Å². The maximum absolute atomic E-state index is 12.6. The topological polar surface area (TPSA) is 130 Å². The number of primary amides is 1. The lowest BCUT2D eigenvalue weighted by atomic mass is 9.99. The summed E-state index contributed by atoms with van der Waals surface area (Å²) < 4.78 is 18.2. The number of anilines is 2. The fourth-order valence-electron chi connectivity index (χ4n) is 4.23. The highest BCUT2D eigenvalue weighted by Crippen LogP contribution is 2.44. The van der Waals surface area contributed by atoms with Crippen LogP contribution in [0.25, 0.3) is 11.3 Å². The summed E-state index contributed by atoms with van der Waals surface area (Å²) in [7, 11) is 6.51. The lowest BCUT2D eigenvalue weighted by Gasteiger charge is -2.27. The van der Waals surface area contributed by atoms with Gasteiger partial charge in [-0.3, -0.25) is 9.59 Å². The number of allylic oxidation sites excluding steroid dienone is 1. The summed E-state index contributed by atoms with van der Waals surface area (Å²) in [6.07, 6.45) is 2.64. The molecule has 1 aliphatic heterocycles. The van der Waals surface area contributed by atoms with E-state index < -0.39 is 5.91 Å². The quantitative estimate of drug-likeness (QED) is 0.321. The van der Waals surface area contributed by atoms with Crippen LogP contribution in [0.2, 0.25) is 0 Å². The summed E-state index contributed by atoms with van der Waals surface area (Å²) >= 11 is 0. The number of methoxy groups -OCH3 is 3. The van der Waals surface area contributed by atoms with Crippen LogP contribution >= 0.6 is 0 Å². The largest absolute Gasteiger partial charge is 0.493 e. The van der Waals surface area contributed by atoms with Crippen LogP contribution in [0.5, 0.6) is 17.2 Å². The molecule has 2 heterocycles. The molecule has 0 fully saturated rings. The third-order valence-corrected chi connectivity index (χ3v) is 5.79. The Hall–Kier alpha value is -4.47. The number of nitrogens with two attached hydrogens (primary N) is 1. The molecule has 0 saturated carbocycles. The monoisotopic (exact) mass is 493 g/mol. The highest BCUT2D eigenvalue weighted by atomic mass is 16.5. The average molecular weight is 494 g/mol. The van der Waals surface area contributed by atoms with Crippen molar-refractivity contribution in [2.45, 2.75) is 12.5 Å². The molecule has 36 heavy (non-hydrogen) atoms. The number of benzene rings is 2. The number of nitrogens with one attached hydrogen (secondary N) is 2. The van der Waals surface area contributed by atoms with Gasteiger partial charge in [0, 0.05) is 24.8 Å². The second kappa shape index (κ2) is 11.8. The Balaban J connectivity index is 0.000000840. The van der Waals surface area contributed by atoms with Gasteiger partial charge in [-0.2, -0.15) is 5.10 Å². The molecule has 190 valence electrons. The summed E-state index contributed by atoms with van der Waals surface area (Å²) in [4.78, 5) is 21.6. The van der Waals surface area contributed by atoms with Crippen molar-refractivity contribution in [2.75, 3.05) is 45.6 Å². The maximum atomic E-state index is 12.6. The van der Waals surface area contributed by atoms with Gasteiger partial charge < -0.3 is 30.6 Å². The fourth-order valence-corrected chi connectivity index (χ4v) is 4.23. The van der Waals surface area contributed by atoms with Crippen molar-refractivity contribution < 1.29 is 23.8 Å². The van der Waals surface area contributed by atoms with Gasteiger partial charge in [0.1, 0.15) is 23.4 Å². The molecular formula is C26H31N5O5. The molecule has 10 heteroatoms. The van der Waals surface area contributed by atoms with Crippen molar-refractivity contribution in [2.24, 2.45) is 5.73 Å². The Kier molecular flexibility index (Phi) is 8.56. The lowest BCUT2D eigenvalue weighted by molar-refractivity contribution is -0.104. The van der Waals surface area contributed by atoms with Gasteiger partial charge in [0.05, 0.1) is 27.4 Å². The number of nitrogens with zero attached hydrogens (tertiary/aromatic N) is 2. The number of aromatic nitrogens is 2. The highest BCUT2D eigenvalue weighted by molar-refractivity contribution is 6.04. The zero-order valence-electron chi connectivity index (χ0n) is 20.8. The molecule has 1 atom stereocenters. The standard InChI is InChI=1S/C23H27N5O4.C3H4O/c1-25-15-8-6-5-7-14(15)16-9-10-26-23-19(22(24)29)20(27-28(16)23)13-11-17(30-2)21(32-4)18(12-13)31-3;1-2-3-4/h5-8,11-12,16,25-26H,9-10H2,1-4H3,(H2,24,29);2-3H,1H2. The summed E-state index contributed by atoms with van der Waals surface area (Å²) in [5.74, 6) is 1.43. The fraction of sp³-hybridized carbons (Fsp3) is 0.269. The molecular weight excluding hydrogens is 462 g/mol. The summed E-state index contributed by atoms with van der Waals surface area (Å²) in [6.45, 7) is 3.80. The van der Waals surface area contributed by atoms with Crippen molar-refractivity contribution in [1.29, 1.82) is 0 Å². The predicted octanol–water partition coefficient (Wildman–Crippen LogP) is 3.49. The van der Waals surface area contributed by atoms with E-state index in [2.05, 4.69) is 23.3 Å². The third-order valence-electron chi connectivity index (χ3n) is 5.79. The molecule has 1 aromatic heterocycles. The second-order valence-electron chi connectivity index (χ2n) is 7.74. The number of carbonyl (C=O) groups excluding carboxylic acids is 2. The van der Waals surface area contributed by atoms with Crippen LogP contribution in [0, 0.1) is 0 Å². The SMILES string of the molecule is C=CC=O.CNc1ccccc1C1CCNc2c(C(N)=O)c(-c3cc(OC)c(OC)c(OC)c3)nn21. The molecule has 0 saturated heterocycles. The van der Waals surface area contributed by atoms with Crippen LogP contribution in [0.15, 0.2) is 49.1 Å². The Labute approximate surface area is 210 Å². The molecule has 1 aliphatic rings. The van der Waals surface area contributed by atoms with Crippen molar-refractivity contribution >= 4 is 23.7 Å². The first-order valence-corrected chi connectivity index (χ1v) is 11.2. The Morgan fingerprint density at radius 1 is 1.19 bits per heavy atom. The van der Waals surface area contributed by atoms with Crippen LogP contribution in [-0.4, -0.2) is 56.9 Å². The molecule has 1 amide bonds. The van der Waals surface area contributed by atoms with Crippen LogP contribution in [0.1, 0.15) is 28.4 Å². The minimum absolute atomic E-state index is 0.0659. The Morgan fingerprint density at radius 2 is 1.83 bits per heavy atom. The molecule has 0 bridgehead atoms. The average Bonchev–Trinajstić information content (AvgIpc) is 3.32. The lowest BCUT2D eigenvalue weighted by Crippen LogP contribution is -2.26. The molecule has 2 aromatic carbocycles. The molecule has 0 aliphatic carbocycles. The summed E-state index contributed by atoms with van der Waals surface area (Å²) in [6, 6.07) is 11.5. The first kappa shape index (κ1) is 26.1. The third kappa shape index (κ3) is 4.97. The first-order valence-electron chi connectivity index (χ1n) is 11.2. The molecule has 0 radical (unpaired) electrons. The molecule has 4 rings (SSSR count). The second-order valence-corrected chi connectivity index (χ2v) is 7.74. The van der Waals surface area contributed by atoms with Crippen LogP contribution in [0.4, 0.5) is 11.5 Å². The first-order chi connectivity index (χ1) is 17.4. The van der Waals surface area contributed by atoms with Gasteiger partial charge in [-0.25, -0.2) is 4.68 Å². The number of carbonyl (C=O) groups is 2. The number of hydrogen-bond donors (Lipinski definition) is 3. The van der Waals surface area contributed by atoms with Gasteiger partial charge in [-0.15, -0.1) is 0 Å². The number of fused-ring (bicyclic) bond motifs is 1. The number of para-hydroxylation sites is 1. The van der Waals surface area contributed by atoms with Gasteiger partial charge >= 0.3 is 0 Å². The Morgan fingerprint density at radius 3 is 2.36 bits per heavy atom. The smallest absolute Gasteiger partial charge is 0.254 e. The number of rotatable bonds is 8. The van der Waals surface area contributed by atoms with E-state index in [1.165, 1.54) is 13.2 Å². The predicted molar refractivity (Wildman–Crippen MR) is 139 cm³/mol. The number of hydrogen-bond acceptors (Lipinski definition) is 8.